The third-order valence-electron chi connectivity index (χ3n) is 12.1. The molecule has 0 aliphatic carbocycles. The lowest BCUT2D eigenvalue weighted by atomic mass is 10.0. The lowest BCUT2D eigenvalue weighted by molar-refractivity contribution is -0.137. The maximum atomic E-state index is 12.1. The van der Waals surface area contributed by atoms with Crippen molar-refractivity contribution in [3.8, 4) is 0 Å². The second-order valence-electron chi connectivity index (χ2n) is 18.9. The molecule has 0 fully saturated rings. The van der Waals surface area contributed by atoms with Gasteiger partial charge in [0.25, 0.3) is 0 Å². The van der Waals surface area contributed by atoms with Crippen LogP contribution in [0.1, 0.15) is 141 Å². The van der Waals surface area contributed by atoms with Gasteiger partial charge in [0.2, 0.25) is 23.6 Å². The second-order valence-corrected chi connectivity index (χ2v) is 18.9. The molecule has 0 saturated heterocycles. The molecule has 23 heteroatoms. The summed E-state index contributed by atoms with van der Waals surface area (Å²) in [4.78, 5) is 57.6. The zero-order chi connectivity index (χ0) is 57.4. The lowest BCUT2D eigenvalue weighted by Crippen LogP contribution is -2.39. The number of nitrogens with two attached hydrogens (primary N) is 1. The van der Waals surface area contributed by atoms with Gasteiger partial charge in [0, 0.05) is 32.5 Å². The highest BCUT2D eigenvalue weighted by Gasteiger charge is 2.12. The van der Waals surface area contributed by atoms with Crippen LogP contribution in [0.5, 0.6) is 0 Å². The van der Waals surface area contributed by atoms with Crippen LogP contribution in [0.15, 0.2) is 0 Å². The third kappa shape index (κ3) is 63.9. The van der Waals surface area contributed by atoms with Crippen molar-refractivity contribution in [3.05, 3.63) is 0 Å². The smallest absolute Gasteiger partial charge is 0.303 e. The molecular weight excluding hydrogens is 1030 g/mol. The number of primary amides is 1. The van der Waals surface area contributed by atoms with E-state index in [2.05, 4.69) is 21.3 Å². The van der Waals surface area contributed by atoms with Crippen LogP contribution in [-0.2, 0) is 80.8 Å². The van der Waals surface area contributed by atoms with Crippen molar-refractivity contribution in [1.29, 1.82) is 0 Å². The van der Waals surface area contributed by atoms with E-state index >= 15 is 0 Å². The van der Waals surface area contributed by atoms with Gasteiger partial charge in [-0.05, 0) is 32.7 Å². The SMILES string of the molecule is CNC(CCCNC(=O)COCCOCCOCCOCCOCCOCCOCCOCCOCCOCCNC(=O)COCCOCCNC(=O)CCCCCCCCCCCCCCCCCCCCC(=O)O)C(N)=O. The van der Waals surface area contributed by atoms with Gasteiger partial charge in [0.15, 0.2) is 0 Å². The number of ether oxygens (including phenoxy) is 12. The standard InChI is InChI=1S/C56H109N5O18/c1-58-51(56(57)67)21-20-24-59-53(63)49-79-48-46-77-44-43-76-42-41-75-40-39-74-38-37-73-36-35-72-34-33-71-32-31-70-30-29-68-28-26-61-54(64)50-78-47-45-69-27-25-60-52(62)22-18-16-14-12-10-8-6-4-2-3-5-7-9-11-13-15-17-19-23-55(65)66/h51,58H,2-50H2,1H3,(H2,57,67)(H,59,63)(H,60,62)(H,61,64)(H,65,66). The quantitative estimate of drug-likeness (QED) is 0.0464. The number of rotatable bonds is 67. The zero-order valence-corrected chi connectivity index (χ0v) is 48.7. The van der Waals surface area contributed by atoms with Crippen molar-refractivity contribution in [1.82, 2.24) is 21.3 Å². The number of carboxylic acids is 1. The van der Waals surface area contributed by atoms with Crippen LogP contribution >= 0.6 is 0 Å². The first-order valence-electron chi connectivity index (χ1n) is 29.7. The lowest BCUT2D eigenvalue weighted by Gasteiger charge is -2.12. The summed E-state index contributed by atoms with van der Waals surface area (Å²) in [5.41, 5.74) is 5.27. The molecule has 0 heterocycles. The van der Waals surface area contributed by atoms with Gasteiger partial charge < -0.3 is 88.9 Å². The van der Waals surface area contributed by atoms with Crippen LogP contribution in [0.3, 0.4) is 0 Å². The van der Waals surface area contributed by atoms with Gasteiger partial charge in [-0.2, -0.15) is 0 Å². The monoisotopic (exact) mass is 1140 g/mol. The van der Waals surface area contributed by atoms with E-state index in [0.29, 0.717) is 184 Å². The summed E-state index contributed by atoms with van der Waals surface area (Å²) >= 11 is 0. The first-order valence-corrected chi connectivity index (χ1v) is 29.7. The first-order chi connectivity index (χ1) is 38.8. The maximum Gasteiger partial charge on any atom is 0.303 e. The molecule has 0 bridgehead atoms. The molecule has 1 atom stereocenters. The number of unbranched alkanes of at least 4 members (excludes halogenated alkanes) is 17. The molecular formula is C56H109N5O18. The van der Waals surface area contributed by atoms with Crippen molar-refractivity contribution < 1.29 is 85.9 Å². The van der Waals surface area contributed by atoms with E-state index < -0.39 is 17.9 Å². The van der Waals surface area contributed by atoms with Crippen molar-refractivity contribution in [2.45, 2.75) is 147 Å². The van der Waals surface area contributed by atoms with Gasteiger partial charge in [-0.25, -0.2) is 0 Å². The van der Waals surface area contributed by atoms with Gasteiger partial charge in [-0.3, -0.25) is 24.0 Å². The van der Waals surface area contributed by atoms with Crippen molar-refractivity contribution >= 4 is 29.6 Å². The van der Waals surface area contributed by atoms with Gasteiger partial charge in [-0.15, -0.1) is 0 Å². The van der Waals surface area contributed by atoms with Crippen molar-refractivity contribution in [2.75, 3.05) is 185 Å². The number of carbonyl (C=O) groups excluding carboxylic acids is 4. The molecule has 0 aromatic heterocycles. The Morgan fingerprint density at radius 1 is 0.329 bits per heavy atom. The average Bonchev–Trinajstić information content (AvgIpc) is 3.43. The Morgan fingerprint density at radius 3 is 0.873 bits per heavy atom. The van der Waals surface area contributed by atoms with Gasteiger partial charge >= 0.3 is 5.97 Å². The molecule has 0 saturated carbocycles. The molecule has 23 nitrogen and oxygen atoms in total. The highest BCUT2D eigenvalue weighted by atomic mass is 16.6. The number of aliphatic carboxylic acids is 1. The van der Waals surface area contributed by atoms with Crippen molar-refractivity contribution in [2.24, 2.45) is 5.73 Å². The number of hydrogen-bond donors (Lipinski definition) is 6. The molecule has 7 N–H and O–H groups in total. The Morgan fingerprint density at radius 2 is 0.582 bits per heavy atom. The number of likely N-dealkylation sites (N-methyl/N-ethyl adjacent to an activating group) is 1. The van der Waals surface area contributed by atoms with Crippen LogP contribution in [0.2, 0.25) is 0 Å². The molecule has 4 amide bonds. The summed E-state index contributed by atoms with van der Waals surface area (Å²) in [5, 5.41) is 19.9. The Bertz CT molecular complexity index is 1360. The number of nitrogens with one attached hydrogen (secondary N) is 4. The van der Waals surface area contributed by atoms with E-state index in [9.17, 15) is 24.0 Å². The van der Waals surface area contributed by atoms with Crippen LogP contribution in [0.25, 0.3) is 0 Å². The Hall–Kier alpha value is -3.17. The number of carboxylic acid groups (broad SMARTS) is 1. The predicted octanol–water partition coefficient (Wildman–Crippen LogP) is 4.27. The topological polar surface area (TPSA) is 290 Å². The van der Waals surface area contributed by atoms with Gasteiger partial charge in [0.05, 0.1) is 151 Å². The van der Waals surface area contributed by atoms with E-state index in [-0.39, 0.29) is 37.5 Å². The summed E-state index contributed by atoms with van der Waals surface area (Å²) in [6.07, 6.45) is 23.9. The summed E-state index contributed by atoms with van der Waals surface area (Å²) < 4.78 is 65.5. The molecule has 466 valence electrons. The minimum atomic E-state index is -0.682. The second kappa shape index (κ2) is 64.0. The number of carbonyl (C=O) groups is 5. The van der Waals surface area contributed by atoms with Crippen molar-refractivity contribution in [3.63, 3.8) is 0 Å². The number of amides is 4. The number of hydrogen-bond acceptors (Lipinski definition) is 18. The fraction of sp³-hybridized carbons (Fsp3) is 0.911. The van der Waals surface area contributed by atoms with Gasteiger partial charge in [0.1, 0.15) is 13.2 Å². The Labute approximate surface area is 473 Å². The van der Waals surface area contributed by atoms with Crippen LogP contribution in [0.4, 0.5) is 0 Å². The average molecular weight is 1140 g/mol. The molecule has 1 unspecified atom stereocenters. The zero-order valence-electron chi connectivity index (χ0n) is 48.7. The van der Waals surface area contributed by atoms with E-state index in [1.54, 1.807) is 7.05 Å². The minimum absolute atomic E-state index is 0.0577. The predicted molar refractivity (Wildman–Crippen MR) is 300 cm³/mol. The van der Waals surface area contributed by atoms with Gasteiger partial charge in [-0.1, -0.05) is 103 Å². The van der Waals surface area contributed by atoms with Crippen LogP contribution < -0.4 is 27.0 Å². The van der Waals surface area contributed by atoms with Crippen LogP contribution in [-0.4, -0.2) is 226 Å². The molecule has 0 aromatic rings. The molecule has 0 spiro atoms. The first kappa shape index (κ1) is 75.8. The summed E-state index contributed by atoms with van der Waals surface area (Å²) in [6, 6.07) is -0.401. The van der Waals surface area contributed by atoms with E-state index in [1.165, 1.54) is 89.9 Å². The molecule has 0 aliphatic heterocycles. The minimum Gasteiger partial charge on any atom is -0.481 e. The largest absolute Gasteiger partial charge is 0.481 e. The third-order valence-corrected chi connectivity index (χ3v) is 12.1. The summed E-state index contributed by atoms with van der Waals surface area (Å²) in [6.45, 7) is 10.2. The highest BCUT2D eigenvalue weighted by Crippen LogP contribution is 2.15. The highest BCUT2D eigenvalue weighted by molar-refractivity contribution is 5.80. The Kier molecular flexibility index (Phi) is 61.4. The molecule has 0 aliphatic rings. The fourth-order valence-corrected chi connectivity index (χ4v) is 7.60. The Balaban J connectivity index is 3.24. The van der Waals surface area contributed by atoms with Crippen LogP contribution in [0, 0.1) is 0 Å². The normalized spacial score (nSPS) is 11.8. The molecule has 0 radical (unpaired) electrons. The molecule has 0 rings (SSSR count). The van der Waals surface area contributed by atoms with E-state index in [4.69, 9.17) is 67.7 Å². The maximum absolute atomic E-state index is 12.1. The summed E-state index contributed by atoms with van der Waals surface area (Å²) in [5.74, 6) is -1.49. The van der Waals surface area contributed by atoms with E-state index in [1.807, 2.05) is 0 Å². The summed E-state index contributed by atoms with van der Waals surface area (Å²) in [7, 11) is 1.67. The fourth-order valence-electron chi connectivity index (χ4n) is 7.60. The molecule has 79 heavy (non-hydrogen) atoms. The molecule has 0 aromatic carbocycles. The van der Waals surface area contributed by atoms with E-state index in [0.717, 1.165) is 25.7 Å².